The van der Waals surface area contributed by atoms with Gasteiger partial charge in [-0.3, -0.25) is 0 Å². The molecule has 0 bridgehead atoms. The molecule has 0 atom stereocenters. The number of rotatable bonds is 6. The lowest BCUT2D eigenvalue weighted by Gasteiger charge is -2.09. The van der Waals surface area contributed by atoms with Crippen molar-refractivity contribution in [2.45, 2.75) is 68.9 Å². The van der Waals surface area contributed by atoms with Crippen LogP contribution in [0, 0.1) is 68.9 Å². The van der Waals surface area contributed by atoms with Gasteiger partial charge in [-0.25, -0.2) is 22.8 Å². The van der Waals surface area contributed by atoms with Crippen LogP contribution in [0.4, 0.5) is 0 Å². The van der Waals surface area contributed by atoms with E-state index in [1.54, 1.807) is 36.7 Å². The Bertz CT molecular complexity index is 9970. The molecule has 0 amide bonds. The number of fused-ring (bicyclic) bond motifs is 22. The summed E-state index contributed by atoms with van der Waals surface area (Å²) in [4.78, 5) is 0. The van der Waals surface area contributed by atoms with E-state index >= 15 is 0 Å². The van der Waals surface area contributed by atoms with Gasteiger partial charge in [0.15, 0.2) is 31.0 Å². The quantitative estimate of drug-likeness (QED) is 0.149. The van der Waals surface area contributed by atoms with Crippen LogP contribution >= 0.6 is 0 Å². The van der Waals surface area contributed by atoms with Crippen LogP contribution in [-0.4, -0.2) is 22.8 Å². The zero-order valence-electron chi connectivity index (χ0n) is 94.5. The maximum absolute atomic E-state index is 8.22. The van der Waals surface area contributed by atoms with Crippen LogP contribution in [0.15, 0.2) is 359 Å². The van der Waals surface area contributed by atoms with Crippen LogP contribution in [0.25, 0.3) is 230 Å². The molecule has 688 valence electrons. The highest BCUT2D eigenvalue weighted by Crippen LogP contribution is 2.46. The SMILES string of the molecule is Cc1ccccc1-c1c2c3cc4ccccc4cc3n(C)c2c(C)c[n+]1C.Cc1ccccc1-c1c2c3ccc4ccc(-c5ccccc5)cc4c3n(C)c2cc[n+]1C.Cc1ccccc1-c1c2c3ccc4ccccc4c3n(C)c2cc[n+]1C.[2H]C([2H])([2H])c1ccc(-c2c3c4cc5ccccc5cc4n(C)c3c(C([2H])([2H])[2H])c[n+]2C)c(C)c1.[2H]C([2H])([2H])c1ccc(-c2c3c4cc5ccccc5cc4n(C)c3c(C([2H])([2H])[2H])c[n+]2C)c(C)c1. The minimum atomic E-state index is -2.30. The van der Waals surface area contributed by atoms with Gasteiger partial charge in [0.1, 0.15) is 35.2 Å². The smallest absolute Gasteiger partial charge is 0.222 e. The zero-order chi connectivity index (χ0) is 108. The summed E-state index contributed by atoms with van der Waals surface area (Å²) in [6, 6.07) is 114. The Morgan fingerprint density at radius 1 is 0.199 bits per heavy atom. The molecule has 26 aromatic rings. The fourth-order valence-corrected chi connectivity index (χ4v) is 22.9. The molecule has 0 aliphatic heterocycles. The van der Waals surface area contributed by atoms with Gasteiger partial charge in [-0.1, -0.05) is 254 Å². The van der Waals surface area contributed by atoms with Gasteiger partial charge in [0.05, 0.1) is 65.5 Å². The highest BCUT2D eigenvalue weighted by atomic mass is 15.0. The van der Waals surface area contributed by atoms with E-state index in [-0.39, 0.29) is 22.3 Å². The summed E-state index contributed by atoms with van der Waals surface area (Å²) in [7, 11) is 20.5. The molecule has 0 saturated heterocycles. The first-order valence-corrected chi connectivity index (χ1v) is 48.2. The molecule has 10 aromatic heterocycles. The Kier molecular flexibility index (Phi) is 19.3. The average molecular weight is 1850 g/mol. The fourth-order valence-electron chi connectivity index (χ4n) is 22.9. The Hall–Kier alpha value is -16.4. The summed E-state index contributed by atoms with van der Waals surface area (Å²) in [5.74, 6) is 0. The molecule has 0 fully saturated rings. The largest absolute Gasteiger partial charge is 0.343 e. The maximum atomic E-state index is 8.22. The van der Waals surface area contributed by atoms with Crippen LogP contribution in [0.2, 0.25) is 0 Å². The van der Waals surface area contributed by atoms with E-state index in [4.69, 9.17) is 16.4 Å². The van der Waals surface area contributed by atoms with Gasteiger partial charge >= 0.3 is 0 Å². The summed E-state index contributed by atoms with van der Waals surface area (Å²) in [6.45, 7) is 3.61. The lowest BCUT2D eigenvalue weighted by atomic mass is 9.97. The highest BCUT2D eigenvalue weighted by molar-refractivity contribution is 6.24. The van der Waals surface area contributed by atoms with Gasteiger partial charge in [0.2, 0.25) is 28.5 Å². The van der Waals surface area contributed by atoms with Gasteiger partial charge in [0, 0.05) is 163 Å². The van der Waals surface area contributed by atoms with Gasteiger partial charge in [-0.05, 0) is 224 Å². The molecule has 10 heterocycles. The Morgan fingerprint density at radius 3 is 0.908 bits per heavy atom. The lowest BCUT2D eigenvalue weighted by molar-refractivity contribution is -0.659. The summed E-state index contributed by atoms with van der Waals surface area (Å²) < 4.78 is 117. The first-order valence-electron chi connectivity index (χ1n) is 54.2. The Balaban J connectivity index is 0.000000108. The average Bonchev–Trinajstić information content (AvgIpc) is 1.56. The Labute approximate surface area is 841 Å². The van der Waals surface area contributed by atoms with Crippen LogP contribution in [0.1, 0.15) is 72.1 Å². The third kappa shape index (κ3) is 15.1. The summed E-state index contributed by atoms with van der Waals surface area (Å²) in [6.07, 6.45) is 9.97. The van der Waals surface area contributed by atoms with E-state index in [2.05, 4.69) is 383 Å². The summed E-state index contributed by atoms with van der Waals surface area (Å²) in [5, 5.41) is 23.6. The van der Waals surface area contributed by atoms with Crippen molar-refractivity contribution in [2.24, 2.45) is 70.5 Å². The van der Waals surface area contributed by atoms with Crippen molar-refractivity contribution in [2.75, 3.05) is 0 Å². The van der Waals surface area contributed by atoms with E-state index in [0.29, 0.717) is 11.0 Å². The molecule has 0 spiro atoms. The second-order valence-corrected chi connectivity index (χ2v) is 38.4. The molecule has 0 radical (unpaired) electrons. The molecule has 16 aromatic carbocycles. The van der Waals surface area contributed by atoms with E-state index in [1.165, 1.54) is 165 Å². The van der Waals surface area contributed by atoms with Crippen LogP contribution in [0.3, 0.4) is 0 Å². The van der Waals surface area contributed by atoms with Gasteiger partial charge in [-0.15, -0.1) is 0 Å². The molecule has 141 heavy (non-hydrogen) atoms. The normalized spacial score (nSPS) is 13.3. The van der Waals surface area contributed by atoms with Crippen LogP contribution < -0.4 is 22.8 Å². The first-order chi connectivity index (χ1) is 73.1. The number of aromatic nitrogens is 10. The van der Waals surface area contributed by atoms with Crippen molar-refractivity contribution < 1.29 is 39.3 Å². The molecular formula is C131H119N10+5. The number of nitrogens with zero attached hydrogens (tertiary/aromatic N) is 10. The van der Waals surface area contributed by atoms with Gasteiger partial charge < -0.3 is 22.8 Å². The third-order valence-corrected chi connectivity index (χ3v) is 29.6. The molecule has 10 heteroatoms. The number of benzene rings is 16. The lowest BCUT2D eigenvalue weighted by Crippen LogP contribution is -2.31. The minimum Gasteiger partial charge on any atom is -0.343 e. The second kappa shape index (κ2) is 35.5. The molecule has 10 nitrogen and oxygen atoms in total. The maximum Gasteiger partial charge on any atom is 0.222 e. The summed E-state index contributed by atoms with van der Waals surface area (Å²) in [5.41, 5.74) is 32.6. The molecule has 0 aliphatic carbocycles. The van der Waals surface area contributed by atoms with Crippen molar-refractivity contribution in [1.29, 1.82) is 0 Å². The van der Waals surface area contributed by atoms with Crippen molar-refractivity contribution >= 4 is 163 Å². The van der Waals surface area contributed by atoms with E-state index < -0.39 is 27.4 Å². The minimum absolute atomic E-state index is 0.285. The Morgan fingerprint density at radius 2 is 0.518 bits per heavy atom. The van der Waals surface area contributed by atoms with Crippen molar-refractivity contribution in [1.82, 2.24) is 22.8 Å². The van der Waals surface area contributed by atoms with E-state index in [9.17, 15) is 0 Å². The predicted octanol–water partition coefficient (Wildman–Crippen LogP) is 29.6. The van der Waals surface area contributed by atoms with Crippen molar-refractivity contribution in [3.8, 4) is 67.4 Å². The fraction of sp³-hybridized carbons (Fsp3) is 0.153. The molecule has 26 rings (SSSR count). The van der Waals surface area contributed by atoms with Crippen LogP contribution in [-0.2, 0) is 70.5 Å². The number of hydrogen-bond donors (Lipinski definition) is 0. The summed E-state index contributed by atoms with van der Waals surface area (Å²) >= 11 is 0. The molecule has 0 N–H and O–H groups in total. The topological polar surface area (TPSA) is 44.0 Å². The second-order valence-electron chi connectivity index (χ2n) is 38.4. The van der Waals surface area contributed by atoms with Gasteiger partial charge in [0.25, 0.3) is 0 Å². The van der Waals surface area contributed by atoms with Crippen molar-refractivity contribution in [3.05, 3.63) is 414 Å². The highest BCUT2D eigenvalue weighted by Gasteiger charge is 2.32. The molecular weight excluding hydrogens is 1710 g/mol. The predicted molar refractivity (Wildman–Crippen MR) is 596 cm³/mol. The van der Waals surface area contributed by atoms with Crippen LogP contribution in [0.5, 0.6) is 0 Å². The van der Waals surface area contributed by atoms with Crippen molar-refractivity contribution in [3.63, 3.8) is 0 Å². The monoisotopic (exact) mass is 1840 g/mol. The number of hydrogen-bond acceptors (Lipinski definition) is 0. The van der Waals surface area contributed by atoms with Gasteiger partial charge in [-0.2, -0.15) is 0 Å². The first kappa shape index (κ1) is 76.6. The molecule has 0 saturated carbocycles. The number of aryl methyl sites for hydroxylation is 20. The van der Waals surface area contributed by atoms with E-state index in [0.717, 1.165) is 87.8 Å². The van der Waals surface area contributed by atoms with E-state index in [1.807, 2.05) is 96.7 Å². The zero-order valence-corrected chi connectivity index (χ0v) is 82.5. The third-order valence-electron chi connectivity index (χ3n) is 29.6. The number of pyridine rings is 5. The molecule has 0 unspecified atom stereocenters. The standard InChI is InChI=1S/C30H25N2.2C26H25N2.C25H23N2.C24H21N2/c1-20-9-7-8-12-24(20)30-28-25-16-15-22-13-14-23(21-10-5-4-6-11-21)19-26(22)29(25)32(3)27(28)17-18-31(30)2;2*1-16-10-11-21(17(2)12-16)26-24-22-13-19-8-6-7-9-20(19)14-23(22)28(5)25(24)18(3)15-27(26)4;1-16-9-5-8-12-20(16)25-23-21-13-18-10-6-7-11-19(18)14-22(21)27(4)24(23)17(2)15-26(25)3;1-16-8-4-6-10-18(16)24-22-20-13-12-17-9-5-7-11-19(17)23(20)26(3)21(22)14-15-25(24)2/h4-19H,1-3H3;2*6-15H,1-5H3;5-15H,1-4H3;4-15H,1-3H3/q5*+1/i;2*1D3,3D3;;. The molecule has 0 aliphatic rings.